The van der Waals surface area contributed by atoms with Crippen molar-refractivity contribution in [2.24, 2.45) is 0 Å². The summed E-state index contributed by atoms with van der Waals surface area (Å²) < 4.78 is 27.0. The fraction of sp³-hybridized carbons (Fsp3) is 0.231. The lowest BCUT2D eigenvalue weighted by Crippen LogP contribution is -2.11. The van der Waals surface area contributed by atoms with E-state index in [1.54, 1.807) is 37.3 Å². The molecule has 0 radical (unpaired) electrons. The van der Waals surface area contributed by atoms with Gasteiger partial charge in [-0.3, -0.25) is 14.7 Å². The summed E-state index contributed by atoms with van der Waals surface area (Å²) in [6, 6.07) is 16.7. The van der Waals surface area contributed by atoms with E-state index in [2.05, 4.69) is 10.2 Å². The van der Waals surface area contributed by atoms with Crippen LogP contribution < -0.4 is 9.47 Å². The molecule has 1 atom stereocenters. The molecule has 4 aromatic rings. The molecule has 0 aliphatic carbocycles. The van der Waals surface area contributed by atoms with Crippen LogP contribution >= 0.6 is 35.0 Å². The van der Waals surface area contributed by atoms with Crippen LogP contribution in [0.25, 0.3) is 5.69 Å². The van der Waals surface area contributed by atoms with Crippen LogP contribution in [0.15, 0.2) is 65.8 Å². The van der Waals surface area contributed by atoms with Crippen molar-refractivity contribution in [1.29, 1.82) is 0 Å². The fourth-order valence-corrected chi connectivity index (χ4v) is 5.48. The van der Waals surface area contributed by atoms with E-state index in [0.717, 1.165) is 11.4 Å². The number of aromatic nitrogens is 3. The van der Waals surface area contributed by atoms with E-state index in [-0.39, 0.29) is 22.4 Å². The van der Waals surface area contributed by atoms with Crippen LogP contribution in [-0.4, -0.2) is 32.8 Å². The monoisotopic (exact) mass is 576 g/mol. The molecule has 0 N–H and O–H groups in total. The summed E-state index contributed by atoms with van der Waals surface area (Å²) in [6.07, 6.45) is 0. The van der Waals surface area contributed by atoms with Crippen molar-refractivity contribution in [2.45, 2.75) is 30.9 Å². The Kier molecular flexibility index (Phi) is 9.09. The summed E-state index contributed by atoms with van der Waals surface area (Å²) in [5, 5.41) is 20.1. The predicted molar refractivity (Wildman–Crippen MR) is 145 cm³/mol. The van der Waals surface area contributed by atoms with E-state index in [1.807, 2.05) is 35.8 Å². The maximum Gasteiger partial charge on any atom is 0.220 e. The highest BCUT2D eigenvalue weighted by Crippen LogP contribution is 2.42. The number of ether oxygens (including phenoxy) is 2. The first-order chi connectivity index (χ1) is 18.3. The Morgan fingerprint density at radius 3 is 2.39 bits per heavy atom. The molecule has 38 heavy (non-hydrogen) atoms. The number of halogens is 3. The first-order valence-corrected chi connectivity index (χ1v) is 13.2. The zero-order valence-corrected chi connectivity index (χ0v) is 22.8. The van der Waals surface area contributed by atoms with Crippen LogP contribution in [0.4, 0.5) is 4.39 Å². The maximum absolute atomic E-state index is 14.0. The minimum absolute atomic E-state index is 0.0804. The van der Waals surface area contributed by atoms with Gasteiger partial charge in [0.05, 0.1) is 16.7 Å². The van der Waals surface area contributed by atoms with Crippen LogP contribution in [0.3, 0.4) is 0 Å². The third kappa shape index (κ3) is 6.56. The number of thioether (sulfide) groups is 1. The molecule has 12 heteroatoms. The van der Waals surface area contributed by atoms with E-state index in [1.165, 1.54) is 17.8 Å². The number of nitro groups is 1. The average molecular weight is 577 g/mol. The van der Waals surface area contributed by atoms with Crippen molar-refractivity contribution in [3.05, 3.63) is 104 Å². The SMILES string of the molecule is CCOc1ccc(-n2c(C)nnc2S[C@@H](C[N+](=O)[O-])c2cc(Cl)c(OCc3ccccc3F)c(Cl)c2)cc1. The van der Waals surface area contributed by atoms with Crippen molar-refractivity contribution < 1.29 is 18.8 Å². The zero-order valence-electron chi connectivity index (χ0n) is 20.4. The molecule has 0 saturated heterocycles. The van der Waals surface area contributed by atoms with E-state index in [0.29, 0.717) is 28.7 Å². The molecule has 1 aromatic heterocycles. The number of aryl methyl sites for hydroxylation is 1. The molecule has 4 rings (SSSR count). The maximum atomic E-state index is 14.0. The summed E-state index contributed by atoms with van der Waals surface area (Å²) in [4.78, 5) is 11.2. The molecular weight excluding hydrogens is 554 g/mol. The largest absolute Gasteiger partial charge is 0.494 e. The topological polar surface area (TPSA) is 92.3 Å². The molecule has 0 spiro atoms. The smallest absolute Gasteiger partial charge is 0.220 e. The molecular formula is C26H23Cl2FN4O4S. The van der Waals surface area contributed by atoms with Crippen molar-refractivity contribution in [3.8, 4) is 17.2 Å². The number of hydrogen-bond donors (Lipinski definition) is 0. The minimum atomic E-state index is -0.689. The normalized spacial score (nSPS) is 11.8. The molecule has 1 heterocycles. The Morgan fingerprint density at radius 2 is 1.76 bits per heavy atom. The van der Waals surface area contributed by atoms with Crippen molar-refractivity contribution in [1.82, 2.24) is 14.8 Å². The lowest BCUT2D eigenvalue weighted by atomic mass is 10.1. The molecule has 0 bridgehead atoms. The third-order valence-electron chi connectivity index (χ3n) is 5.49. The summed E-state index contributed by atoms with van der Waals surface area (Å²) in [5.74, 6) is 1.10. The summed E-state index contributed by atoms with van der Waals surface area (Å²) in [5.41, 5.74) is 1.64. The van der Waals surface area contributed by atoms with Gasteiger partial charge in [0.15, 0.2) is 10.9 Å². The molecule has 8 nitrogen and oxygen atoms in total. The highest BCUT2D eigenvalue weighted by molar-refractivity contribution is 7.99. The summed E-state index contributed by atoms with van der Waals surface area (Å²) in [6.45, 7) is 3.76. The summed E-state index contributed by atoms with van der Waals surface area (Å²) >= 11 is 14.1. The van der Waals surface area contributed by atoms with Gasteiger partial charge in [-0.25, -0.2) is 4.39 Å². The van der Waals surface area contributed by atoms with Crippen molar-refractivity contribution in [2.75, 3.05) is 13.2 Å². The quantitative estimate of drug-likeness (QED) is 0.107. The Labute approximate surface area is 232 Å². The molecule has 0 saturated carbocycles. The van der Waals surface area contributed by atoms with Gasteiger partial charge in [-0.2, -0.15) is 0 Å². The first-order valence-electron chi connectivity index (χ1n) is 11.6. The Hall–Kier alpha value is -3.34. The Bertz CT molecular complexity index is 1410. The van der Waals surface area contributed by atoms with Gasteiger partial charge >= 0.3 is 0 Å². The second kappa shape index (κ2) is 12.5. The zero-order chi connectivity index (χ0) is 27.2. The molecule has 0 aliphatic heterocycles. The van der Waals surface area contributed by atoms with Gasteiger partial charge in [-0.1, -0.05) is 53.2 Å². The number of nitrogens with zero attached hydrogens (tertiary/aromatic N) is 4. The molecule has 0 fully saturated rings. The van der Waals surface area contributed by atoms with Gasteiger partial charge < -0.3 is 9.47 Å². The van der Waals surface area contributed by atoms with Gasteiger partial charge in [-0.15, -0.1) is 10.2 Å². The molecule has 0 aliphatic rings. The van der Waals surface area contributed by atoms with Gasteiger partial charge in [0.2, 0.25) is 6.54 Å². The van der Waals surface area contributed by atoms with E-state index in [9.17, 15) is 14.5 Å². The number of hydrogen-bond acceptors (Lipinski definition) is 7. The lowest BCUT2D eigenvalue weighted by Gasteiger charge is -2.17. The average Bonchev–Trinajstić information content (AvgIpc) is 3.24. The van der Waals surface area contributed by atoms with Crippen LogP contribution in [0.1, 0.15) is 29.1 Å². The van der Waals surface area contributed by atoms with E-state index >= 15 is 0 Å². The Morgan fingerprint density at radius 1 is 1.08 bits per heavy atom. The molecule has 0 unspecified atom stereocenters. The van der Waals surface area contributed by atoms with E-state index < -0.39 is 22.5 Å². The summed E-state index contributed by atoms with van der Waals surface area (Å²) in [7, 11) is 0. The molecule has 198 valence electrons. The van der Waals surface area contributed by atoms with Crippen LogP contribution in [0.5, 0.6) is 11.5 Å². The highest BCUT2D eigenvalue weighted by atomic mass is 35.5. The van der Waals surface area contributed by atoms with Gasteiger partial charge in [0, 0.05) is 16.2 Å². The van der Waals surface area contributed by atoms with Crippen molar-refractivity contribution >= 4 is 35.0 Å². The van der Waals surface area contributed by atoms with Crippen molar-refractivity contribution in [3.63, 3.8) is 0 Å². The van der Waals surface area contributed by atoms with E-state index in [4.69, 9.17) is 32.7 Å². The minimum Gasteiger partial charge on any atom is -0.494 e. The fourth-order valence-electron chi connectivity index (χ4n) is 3.72. The highest BCUT2D eigenvalue weighted by Gasteiger charge is 2.26. The van der Waals surface area contributed by atoms with Crippen LogP contribution in [0, 0.1) is 22.9 Å². The number of rotatable bonds is 11. The van der Waals surface area contributed by atoms with Gasteiger partial charge in [0.1, 0.15) is 29.2 Å². The lowest BCUT2D eigenvalue weighted by molar-refractivity contribution is -0.479. The molecule has 0 amide bonds. The van der Waals surface area contributed by atoms with Crippen LogP contribution in [-0.2, 0) is 6.61 Å². The third-order valence-corrected chi connectivity index (χ3v) is 7.23. The second-order valence-corrected chi connectivity index (χ2v) is 10.1. The Balaban J connectivity index is 1.61. The predicted octanol–water partition coefficient (Wildman–Crippen LogP) is 7.11. The van der Waals surface area contributed by atoms with Crippen LogP contribution in [0.2, 0.25) is 10.0 Å². The van der Waals surface area contributed by atoms with Gasteiger partial charge in [-0.05, 0) is 61.9 Å². The second-order valence-electron chi connectivity index (χ2n) is 8.11. The van der Waals surface area contributed by atoms with Gasteiger partial charge in [0.25, 0.3) is 0 Å². The number of benzene rings is 3. The standard InChI is InChI=1S/C26H23Cl2FN4O4S/c1-3-36-20-10-8-19(9-11-20)33-16(2)30-31-26(33)38-24(14-32(34)35)18-12-21(27)25(22(28)13-18)37-15-17-6-4-5-7-23(17)29/h4-13,24H,3,14-15H2,1-2H3/t24-/m0/s1. The first kappa shape index (κ1) is 27.7. The molecule has 3 aromatic carbocycles.